The maximum absolute atomic E-state index is 12.4. The highest BCUT2D eigenvalue weighted by atomic mass is 16.3. The normalized spacial score (nSPS) is 18.0. The highest BCUT2D eigenvalue weighted by Crippen LogP contribution is 2.29. The van der Waals surface area contributed by atoms with Crippen LogP contribution in [0, 0.1) is 0 Å². The molecule has 2 N–H and O–H groups in total. The van der Waals surface area contributed by atoms with Crippen molar-refractivity contribution in [2.45, 2.75) is 44.6 Å². The molecule has 196 valence electrons. The van der Waals surface area contributed by atoms with E-state index in [2.05, 4.69) is 32.5 Å². The van der Waals surface area contributed by atoms with Crippen LogP contribution in [0.3, 0.4) is 0 Å². The van der Waals surface area contributed by atoms with Gasteiger partial charge in [0.1, 0.15) is 11.5 Å². The molecule has 2 aliphatic heterocycles. The van der Waals surface area contributed by atoms with Crippen molar-refractivity contribution >= 4 is 28.6 Å². The number of rotatable bonds is 9. The Kier molecular flexibility index (Phi) is 8.48. The Morgan fingerprint density at radius 3 is 2.81 bits per heavy atom. The van der Waals surface area contributed by atoms with Crippen LogP contribution in [0.1, 0.15) is 44.3 Å². The number of carbonyl (C=O) groups excluding carboxylic acids is 1. The van der Waals surface area contributed by atoms with Crippen LogP contribution in [0.5, 0.6) is 0 Å². The molecule has 0 bridgehead atoms. The van der Waals surface area contributed by atoms with E-state index in [4.69, 9.17) is 9.40 Å². The molecule has 1 amide bonds. The summed E-state index contributed by atoms with van der Waals surface area (Å²) in [6.45, 7) is 6.49. The molecule has 37 heavy (non-hydrogen) atoms. The number of amides is 1. The number of nitrogens with one attached hydrogen (secondary N) is 2. The molecule has 2 aliphatic rings. The molecule has 0 aliphatic carbocycles. The second-order valence-corrected chi connectivity index (χ2v) is 10.3. The number of nitrogens with zero attached hydrogens (tertiary/aromatic N) is 4. The number of pyridine rings is 2. The molecule has 3 aromatic heterocycles. The first-order valence-corrected chi connectivity index (χ1v) is 13.6. The minimum Gasteiger partial charge on any atom is -0.455 e. The quantitative estimate of drug-likeness (QED) is 0.331. The van der Waals surface area contributed by atoms with E-state index in [9.17, 15) is 4.79 Å². The summed E-state index contributed by atoms with van der Waals surface area (Å²) in [7, 11) is 2.11. The summed E-state index contributed by atoms with van der Waals surface area (Å²) in [5.74, 6) is 1.21. The van der Waals surface area contributed by atoms with Crippen LogP contribution < -0.4 is 10.6 Å². The van der Waals surface area contributed by atoms with Gasteiger partial charge in [-0.2, -0.15) is 0 Å². The average molecular weight is 503 g/mol. The first kappa shape index (κ1) is 25.4. The number of hydrogen-bond donors (Lipinski definition) is 2. The summed E-state index contributed by atoms with van der Waals surface area (Å²) >= 11 is 0. The van der Waals surface area contributed by atoms with Gasteiger partial charge in [0.05, 0.1) is 5.52 Å². The summed E-state index contributed by atoms with van der Waals surface area (Å²) in [4.78, 5) is 26.3. The van der Waals surface area contributed by atoms with Gasteiger partial charge in [0, 0.05) is 42.1 Å². The standard InChI is InChI=1S/C29H38N6O2/c1-34-18-11-22(12-19-34)32-29(36)9-7-23-6-8-28(37-23)27-20-26(24-21-30-14-10-25(24)33-27)31-13-5-17-35-15-3-2-4-16-35/h6-10,14,20-22H,2-5,11-13,15-19H2,1H3,(H,31,33)(H,32,36)/b9-7+. The molecule has 8 nitrogen and oxygen atoms in total. The summed E-state index contributed by atoms with van der Waals surface area (Å²) < 4.78 is 6.05. The van der Waals surface area contributed by atoms with Gasteiger partial charge in [-0.25, -0.2) is 4.98 Å². The highest BCUT2D eigenvalue weighted by molar-refractivity contribution is 5.93. The van der Waals surface area contributed by atoms with Crippen molar-refractivity contribution in [3.8, 4) is 11.5 Å². The third-order valence-corrected chi connectivity index (χ3v) is 7.37. The molecular formula is C29H38N6O2. The average Bonchev–Trinajstić information content (AvgIpc) is 3.41. The van der Waals surface area contributed by atoms with E-state index in [-0.39, 0.29) is 11.9 Å². The second-order valence-electron chi connectivity index (χ2n) is 10.3. The number of hydrogen-bond acceptors (Lipinski definition) is 7. The Morgan fingerprint density at radius 1 is 1.14 bits per heavy atom. The molecule has 2 saturated heterocycles. The van der Waals surface area contributed by atoms with E-state index in [1.807, 2.05) is 30.5 Å². The van der Waals surface area contributed by atoms with Crippen molar-refractivity contribution in [2.75, 3.05) is 51.6 Å². The van der Waals surface area contributed by atoms with Crippen LogP contribution in [0.15, 0.2) is 47.2 Å². The fourth-order valence-electron chi connectivity index (χ4n) is 5.19. The van der Waals surface area contributed by atoms with Crippen molar-refractivity contribution in [3.63, 3.8) is 0 Å². The van der Waals surface area contributed by atoms with E-state index in [1.54, 1.807) is 18.3 Å². The zero-order valence-corrected chi connectivity index (χ0v) is 21.8. The topological polar surface area (TPSA) is 86.5 Å². The molecule has 0 spiro atoms. The molecule has 0 radical (unpaired) electrons. The summed E-state index contributed by atoms with van der Waals surface area (Å²) in [5.41, 5.74) is 2.64. The first-order valence-electron chi connectivity index (χ1n) is 13.6. The predicted octanol–water partition coefficient (Wildman–Crippen LogP) is 4.40. The number of likely N-dealkylation sites (tertiary alicyclic amines) is 2. The largest absolute Gasteiger partial charge is 0.455 e. The minimum absolute atomic E-state index is 0.0835. The van der Waals surface area contributed by atoms with Crippen molar-refractivity contribution in [2.24, 2.45) is 0 Å². The monoisotopic (exact) mass is 502 g/mol. The zero-order valence-electron chi connectivity index (χ0n) is 21.8. The molecule has 5 heterocycles. The summed E-state index contributed by atoms with van der Waals surface area (Å²) in [6.07, 6.45) is 14.0. The molecule has 0 atom stereocenters. The maximum atomic E-state index is 12.4. The van der Waals surface area contributed by atoms with E-state index in [0.717, 1.165) is 67.7 Å². The number of aromatic nitrogens is 2. The van der Waals surface area contributed by atoms with Gasteiger partial charge in [0.25, 0.3) is 0 Å². The molecule has 3 aromatic rings. The van der Waals surface area contributed by atoms with E-state index < -0.39 is 0 Å². The van der Waals surface area contributed by atoms with Crippen LogP contribution in [0.4, 0.5) is 5.69 Å². The van der Waals surface area contributed by atoms with Crippen molar-refractivity contribution in [1.82, 2.24) is 25.1 Å². The summed E-state index contributed by atoms with van der Waals surface area (Å²) in [5, 5.41) is 7.71. The van der Waals surface area contributed by atoms with E-state index in [0.29, 0.717) is 11.5 Å². The minimum atomic E-state index is -0.0835. The molecule has 2 fully saturated rings. The molecule has 5 rings (SSSR count). The van der Waals surface area contributed by atoms with Crippen LogP contribution in [0.25, 0.3) is 28.4 Å². The van der Waals surface area contributed by atoms with Gasteiger partial charge in [0.2, 0.25) is 5.91 Å². The van der Waals surface area contributed by atoms with Gasteiger partial charge in [0.15, 0.2) is 5.76 Å². The maximum Gasteiger partial charge on any atom is 0.244 e. The van der Waals surface area contributed by atoms with Crippen LogP contribution in [-0.2, 0) is 4.79 Å². The van der Waals surface area contributed by atoms with Gasteiger partial charge in [-0.3, -0.25) is 9.78 Å². The molecule has 0 unspecified atom stereocenters. The fraction of sp³-hybridized carbons (Fsp3) is 0.483. The van der Waals surface area contributed by atoms with Crippen molar-refractivity contribution in [1.29, 1.82) is 0 Å². The lowest BCUT2D eigenvalue weighted by atomic mass is 10.1. The van der Waals surface area contributed by atoms with E-state index in [1.165, 1.54) is 32.4 Å². The number of furan rings is 1. The van der Waals surface area contributed by atoms with Gasteiger partial charge < -0.3 is 24.9 Å². The fourth-order valence-corrected chi connectivity index (χ4v) is 5.19. The Bertz CT molecular complexity index is 1210. The van der Waals surface area contributed by atoms with Gasteiger partial charge in [-0.1, -0.05) is 6.42 Å². The predicted molar refractivity (Wildman–Crippen MR) is 148 cm³/mol. The second kappa shape index (κ2) is 12.3. The summed E-state index contributed by atoms with van der Waals surface area (Å²) in [6, 6.07) is 7.98. The Hall–Kier alpha value is -3.23. The SMILES string of the molecule is CN1CCC(NC(=O)/C=C/c2ccc(-c3cc(NCCCN4CCCCC4)c4cnccc4n3)o2)CC1. The lowest BCUT2D eigenvalue weighted by Crippen LogP contribution is -2.42. The molecule has 0 saturated carbocycles. The first-order chi connectivity index (χ1) is 18.1. The third kappa shape index (κ3) is 6.96. The molecular weight excluding hydrogens is 464 g/mol. The number of fused-ring (bicyclic) bond motifs is 1. The lowest BCUT2D eigenvalue weighted by Gasteiger charge is -2.29. The highest BCUT2D eigenvalue weighted by Gasteiger charge is 2.17. The molecule has 8 heteroatoms. The Morgan fingerprint density at radius 2 is 1.97 bits per heavy atom. The van der Waals surface area contributed by atoms with Crippen LogP contribution in [0.2, 0.25) is 0 Å². The number of piperidine rings is 2. The Labute approximate surface area is 219 Å². The van der Waals surface area contributed by atoms with Crippen molar-refractivity contribution in [3.05, 3.63) is 48.5 Å². The lowest BCUT2D eigenvalue weighted by molar-refractivity contribution is -0.117. The third-order valence-electron chi connectivity index (χ3n) is 7.37. The molecule has 0 aromatic carbocycles. The number of anilines is 1. The Balaban J connectivity index is 1.22. The van der Waals surface area contributed by atoms with Gasteiger partial charge in [-0.15, -0.1) is 0 Å². The van der Waals surface area contributed by atoms with E-state index >= 15 is 0 Å². The van der Waals surface area contributed by atoms with Gasteiger partial charge >= 0.3 is 0 Å². The zero-order chi connectivity index (χ0) is 25.5. The number of carbonyl (C=O) groups is 1. The van der Waals surface area contributed by atoms with Gasteiger partial charge in [-0.05, 0) is 102 Å². The van der Waals surface area contributed by atoms with Crippen LogP contribution in [-0.4, -0.2) is 78.0 Å². The van der Waals surface area contributed by atoms with Crippen LogP contribution >= 0.6 is 0 Å². The van der Waals surface area contributed by atoms with Crippen molar-refractivity contribution < 1.29 is 9.21 Å². The smallest absolute Gasteiger partial charge is 0.244 e.